The summed E-state index contributed by atoms with van der Waals surface area (Å²) in [6.07, 6.45) is -3.83. The summed E-state index contributed by atoms with van der Waals surface area (Å²) in [5.74, 6) is -1.76. The minimum atomic E-state index is -1.46. The molecular formula is C14H23NO8. The lowest BCUT2D eigenvalue weighted by atomic mass is 9.97. The molecule has 0 radical (unpaired) electrons. The molecule has 0 aromatic heterocycles. The molecule has 0 aromatic rings. The molecule has 9 heteroatoms. The molecule has 0 bridgehead atoms. The zero-order chi connectivity index (χ0) is 17.6. The molecule has 0 aromatic carbocycles. The van der Waals surface area contributed by atoms with E-state index in [-0.39, 0.29) is 13.0 Å². The van der Waals surface area contributed by atoms with Crippen LogP contribution in [0.2, 0.25) is 0 Å². The van der Waals surface area contributed by atoms with Gasteiger partial charge in [-0.05, 0) is 6.42 Å². The molecule has 1 fully saturated rings. The van der Waals surface area contributed by atoms with Gasteiger partial charge in [0.2, 0.25) is 0 Å². The van der Waals surface area contributed by atoms with Crippen molar-refractivity contribution in [2.24, 2.45) is 5.73 Å². The van der Waals surface area contributed by atoms with E-state index in [2.05, 4.69) is 0 Å². The van der Waals surface area contributed by atoms with Crippen LogP contribution in [0.15, 0.2) is 0 Å². The summed E-state index contributed by atoms with van der Waals surface area (Å²) >= 11 is 0. The Morgan fingerprint density at radius 2 is 1.70 bits per heavy atom. The highest BCUT2D eigenvalue weighted by Gasteiger charge is 2.48. The van der Waals surface area contributed by atoms with Gasteiger partial charge in [0.1, 0.15) is 12.7 Å². The summed E-state index contributed by atoms with van der Waals surface area (Å²) in [5, 5.41) is 9.83. The van der Waals surface area contributed by atoms with Crippen LogP contribution < -0.4 is 5.73 Å². The SMILES string of the molecule is CCCC(=O)OCC1O[C@@H](O)C(N)C(OC(C)=O)[C@@H]1OC(C)=O. The molecule has 1 heterocycles. The van der Waals surface area contributed by atoms with E-state index >= 15 is 0 Å². The normalized spacial score (nSPS) is 30.4. The average molecular weight is 333 g/mol. The van der Waals surface area contributed by atoms with Gasteiger partial charge in [-0.1, -0.05) is 6.92 Å². The summed E-state index contributed by atoms with van der Waals surface area (Å²) in [6.45, 7) is 3.88. The number of esters is 3. The second-order valence-electron chi connectivity index (χ2n) is 5.22. The molecule has 132 valence electrons. The maximum absolute atomic E-state index is 11.5. The van der Waals surface area contributed by atoms with E-state index in [0.717, 1.165) is 6.92 Å². The first-order valence-electron chi connectivity index (χ1n) is 7.35. The van der Waals surface area contributed by atoms with Gasteiger partial charge in [0, 0.05) is 20.3 Å². The maximum atomic E-state index is 11.5. The Kier molecular flexibility index (Phi) is 7.40. The minimum absolute atomic E-state index is 0.223. The van der Waals surface area contributed by atoms with Crippen LogP contribution in [0.3, 0.4) is 0 Å². The molecule has 23 heavy (non-hydrogen) atoms. The predicted octanol–water partition coefficient (Wildman–Crippen LogP) is -0.762. The molecular weight excluding hydrogens is 310 g/mol. The van der Waals surface area contributed by atoms with Crippen LogP contribution in [0.5, 0.6) is 0 Å². The van der Waals surface area contributed by atoms with Crippen molar-refractivity contribution in [3.63, 3.8) is 0 Å². The zero-order valence-corrected chi connectivity index (χ0v) is 13.4. The molecule has 3 N–H and O–H groups in total. The van der Waals surface area contributed by atoms with Gasteiger partial charge in [0.15, 0.2) is 18.5 Å². The smallest absolute Gasteiger partial charge is 0.305 e. The lowest BCUT2D eigenvalue weighted by molar-refractivity contribution is -0.260. The van der Waals surface area contributed by atoms with Gasteiger partial charge < -0.3 is 29.8 Å². The molecule has 0 spiro atoms. The van der Waals surface area contributed by atoms with Crippen molar-refractivity contribution in [1.82, 2.24) is 0 Å². The maximum Gasteiger partial charge on any atom is 0.305 e. The third kappa shape index (κ3) is 5.77. The molecule has 0 amide bonds. The first-order valence-corrected chi connectivity index (χ1v) is 7.35. The lowest BCUT2D eigenvalue weighted by Gasteiger charge is -2.41. The number of ether oxygens (including phenoxy) is 4. The summed E-state index contributed by atoms with van der Waals surface area (Å²) in [6, 6.07) is -1.11. The fourth-order valence-corrected chi connectivity index (χ4v) is 2.20. The average Bonchev–Trinajstić information content (AvgIpc) is 2.44. The molecule has 1 rings (SSSR count). The van der Waals surface area contributed by atoms with E-state index < -0.39 is 48.6 Å². The Hall–Kier alpha value is -1.71. The number of nitrogens with two attached hydrogens (primary N) is 1. The van der Waals surface area contributed by atoms with Crippen LogP contribution in [0.25, 0.3) is 0 Å². The van der Waals surface area contributed by atoms with E-state index in [1.54, 1.807) is 0 Å². The van der Waals surface area contributed by atoms with Gasteiger partial charge in [-0.2, -0.15) is 0 Å². The number of aliphatic hydroxyl groups is 1. The first kappa shape index (κ1) is 19.3. The Morgan fingerprint density at radius 3 is 2.22 bits per heavy atom. The van der Waals surface area contributed by atoms with Crippen LogP contribution in [0, 0.1) is 0 Å². The molecule has 1 aliphatic rings. The standard InChI is InChI=1S/C14H23NO8/c1-4-5-10(18)20-6-9-12(21-7(2)16)13(22-8(3)17)11(15)14(19)23-9/h9,11-14,19H,4-6,15H2,1-3H3/t9?,11?,12-,13?,14-/m1/s1. The number of hydrogen-bond acceptors (Lipinski definition) is 9. The molecule has 0 aliphatic carbocycles. The molecule has 0 saturated carbocycles. The zero-order valence-electron chi connectivity index (χ0n) is 13.4. The van der Waals surface area contributed by atoms with Crippen molar-refractivity contribution in [2.75, 3.05) is 6.61 Å². The molecule has 3 unspecified atom stereocenters. The Balaban J connectivity index is 2.88. The van der Waals surface area contributed by atoms with Crippen LogP contribution in [-0.4, -0.2) is 60.3 Å². The Labute approximate surface area is 134 Å². The second kappa shape index (κ2) is 8.80. The number of rotatable bonds is 6. The van der Waals surface area contributed by atoms with Crippen molar-refractivity contribution < 1.29 is 38.4 Å². The Bertz CT molecular complexity index is 440. The molecule has 5 atom stereocenters. The van der Waals surface area contributed by atoms with Crippen LogP contribution in [0.1, 0.15) is 33.6 Å². The van der Waals surface area contributed by atoms with E-state index in [1.165, 1.54) is 6.92 Å². The Morgan fingerprint density at radius 1 is 1.13 bits per heavy atom. The fourth-order valence-electron chi connectivity index (χ4n) is 2.20. The summed E-state index contributed by atoms with van der Waals surface area (Å²) in [4.78, 5) is 34.0. The van der Waals surface area contributed by atoms with E-state index in [9.17, 15) is 19.5 Å². The van der Waals surface area contributed by atoms with Gasteiger partial charge in [-0.25, -0.2) is 0 Å². The van der Waals surface area contributed by atoms with E-state index in [1.807, 2.05) is 6.92 Å². The van der Waals surface area contributed by atoms with Crippen molar-refractivity contribution >= 4 is 17.9 Å². The monoisotopic (exact) mass is 333 g/mol. The highest BCUT2D eigenvalue weighted by atomic mass is 16.7. The highest BCUT2D eigenvalue weighted by molar-refractivity contribution is 5.69. The second-order valence-corrected chi connectivity index (χ2v) is 5.22. The van der Waals surface area contributed by atoms with Gasteiger partial charge in [0.05, 0.1) is 6.04 Å². The predicted molar refractivity (Wildman–Crippen MR) is 75.8 cm³/mol. The van der Waals surface area contributed by atoms with Crippen molar-refractivity contribution in [2.45, 2.75) is 64.3 Å². The van der Waals surface area contributed by atoms with E-state index in [4.69, 9.17) is 24.7 Å². The van der Waals surface area contributed by atoms with Crippen molar-refractivity contribution in [1.29, 1.82) is 0 Å². The fraction of sp³-hybridized carbons (Fsp3) is 0.786. The van der Waals surface area contributed by atoms with E-state index in [0.29, 0.717) is 6.42 Å². The molecule has 1 aliphatic heterocycles. The largest absolute Gasteiger partial charge is 0.463 e. The minimum Gasteiger partial charge on any atom is -0.463 e. The van der Waals surface area contributed by atoms with Crippen LogP contribution in [0.4, 0.5) is 0 Å². The summed E-state index contributed by atoms with van der Waals surface area (Å²) < 4.78 is 20.4. The third-order valence-electron chi connectivity index (χ3n) is 3.18. The number of aliphatic hydroxyl groups excluding tert-OH is 1. The van der Waals surface area contributed by atoms with Gasteiger partial charge in [0.25, 0.3) is 0 Å². The van der Waals surface area contributed by atoms with Crippen molar-refractivity contribution in [3.8, 4) is 0 Å². The topological polar surface area (TPSA) is 134 Å². The number of carbonyl (C=O) groups is 3. The lowest BCUT2D eigenvalue weighted by Crippen LogP contribution is -2.64. The highest BCUT2D eigenvalue weighted by Crippen LogP contribution is 2.24. The summed E-state index contributed by atoms with van der Waals surface area (Å²) in [7, 11) is 0. The van der Waals surface area contributed by atoms with Gasteiger partial charge >= 0.3 is 17.9 Å². The van der Waals surface area contributed by atoms with Crippen LogP contribution in [-0.2, 0) is 33.3 Å². The first-order chi connectivity index (χ1) is 10.8. The number of hydrogen-bond donors (Lipinski definition) is 2. The quantitative estimate of drug-likeness (QED) is 0.475. The van der Waals surface area contributed by atoms with Gasteiger partial charge in [-0.3, -0.25) is 14.4 Å². The molecule has 1 saturated heterocycles. The molecule has 9 nitrogen and oxygen atoms in total. The number of carbonyl (C=O) groups excluding carboxylic acids is 3. The van der Waals surface area contributed by atoms with Crippen LogP contribution >= 0.6 is 0 Å². The van der Waals surface area contributed by atoms with Gasteiger partial charge in [-0.15, -0.1) is 0 Å². The summed E-state index contributed by atoms with van der Waals surface area (Å²) in [5.41, 5.74) is 5.75. The van der Waals surface area contributed by atoms with Crippen molar-refractivity contribution in [3.05, 3.63) is 0 Å². The third-order valence-corrected chi connectivity index (χ3v) is 3.18.